The zero-order valence-electron chi connectivity index (χ0n) is 22.8. The summed E-state index contributed by atoms with van der Waals surface area (Å²) in [4.78, 5) is 25.4. The Morgan fingerprint density at radius 1 is 1.19 bits per heavy atom. The predicted octanol–water partition coefficient (Wildman–Crippen LogP) is 5.26. The molecule has 0 atom stereocenters. The molecule has 9 heteroatoms. The van der Waals surface area contributed by atoms with E-state index in [4.69, 9.17) is 9.72 Å². The first kappa shape index (κ1) is 27.7. The second kappa shape index (κ2) is 13.4. The molecule has 0 amide bonds. The van der Waals surface area contributed by atoms with E-state index in [1.807, 2.05) is 46.3 Å². The SMILES string of the molecule is CC.CCC=O.CNc1ccc(Nc2ncc3c(n2)CN(c2cnc4c(c2C)NCCO4)CC3)cc1C. The zero-order chi connectivity index (χ0) is 26.8. The van der Waals surface area contributed by atoms with E-state index < -0.39 is 0 Å². The number of nitrogens with zero attached hydrogens (tertiary/aromatic N) is 4. The number of nitrogens with one attached hydrogen (secondary N) is 3. The van der Waals surface area contributed by atoms with E-state index in [0.29, 0.717) is 24.9 Å². The van der Waals surface area contributed by atoms with Gasteiger partial charge in [0.15, 0.2) is 0 Å². The highest BCUT2D eigenvalue weighted by molar-refractivity contribution is 5.70. The number of hydrogen-bond acceptors (Lipinski definition) is 9. The summed E-state index contributed by atoms with van der Waals surface area (Å²) in [5, 5.41) is 9.96. The van der Waals surface area contributed by atoms with Gasteiger partial charge in [-0.15, -0.1) is 0 Å². The second-order valence-corrected chi connectivity index (χ2v) is 8.54. The van der Waals surface area contributed by atoms with Gasteiger partial charge in [0.05, 0.1) is 24.1 Å². The first-order valence-corrected chi connectivity index (χ1v) is 13.0. The molecule has 0 bridgehead atoms. The lowest BCUT2D eigenvalue weighted by atomic mass is 10.0. The Kier molecular flexibility index (Phi) is 10.1. The van der Waals surface area contributed by atoms with Crippen LogP contribution in [-0.4, -0.2) is 48.0 Å². The number of pyridine rings is 1. The summed E-state index contributed by atoms with van der Waals surface area (Å²) in [5.74, 6) is 1.31. The third-order valence-corrected chi connectivity index (χ3v) is 6.12. The molecule has 3 N–H and O–H groups in total. The maximum absolute atomic E-state index is 9.17. The Labute approximate surface area is 220 Å². The third kappa shape index (κ3) is 6.67. The molecule has 1 aromatic carbocycles. The van der Waals surface area contributed by atoms with Crippen LogP contribution < -0.4 is 25.6 Å². The molecule has 3 aromatic rings. The van der Waals surface area contributed by atoms with Crippen molar-refractivity contribution in [3.63, 3.8) is 0 Å². The van der Waals surface area contributed by atoms with Gasteiger partial charge in [-0.05, 0) is 49.6 Å². The Morgan fingerprint density at radius 3 is 2.68 bits per heavy atom. The van der Waals surface area contributed by atoms with E-state index >= 15 is 0 Å². The molecule has 2 aromatic heterocycles. The quantitative estimate of drug-likeness (QED) is 0.400. The monoisotopic (exact) mass is 505 g/mol. The topological polar surface area (TPSA) is 104 Å². The predicted molar refractivity (Wildman–Crippen MR) is 151 cm³/mol. The van der Waals surface area contributed by atoms with E-state index in [-0.39, 0.29) is 0 Å². The van der Waals surface area contributed by atoms with Gasteiger partial charge < -0.3 is 30.4 Å². The summed E-state index contributed by atoms with van der Waals surface area (Å²) in [5.41, 5.74) is 8.80. The van der Waals surface area contributed by atoms with E-state index in [1.54, 1.807) is 0 Å². The normalized spacial score (nSPS) is 13.2. The number of aldehydes is 1. The van der Waals surface area contributed by atoms with Crippen LogP contribution in [0.5, 0.6) is 5.88 Å². The lowest BCUT2D eigenvalue weighted by Gasteiger charge is -2.32. The number of aryl methyl sites for hydroxylation is 1. The van der Waals surface area contributed by atoms with E-state index in [9.17, 15) is 4.79 Å². The molecule has 4 heterocycles. The van der Waals surface area contributed by atoms with Crippen LogP contribution in [-0.2, 0) is 17.8 Å². The van der Waals surface area contributed by atoms with Crippen molar-refractivity contribution in [1.82, 2.24) is 15.0 Å². The molecule has 0 spiro atoms. The average Bonchev–Trinajstić information content (AvgIpc) is 2.94. The second-order valence-electron chi connectivity index (χ2n) is 8.54. The van der Waals surface area contributed by atoms with Crippen molar-refractivity contribution >= 4 is 35.0 Å². The van der Waals surface area contributed by atoms with Crippen molar-refractivity contribution in [2.75, 3.05) is 47.6 Å². The van der Waals surface area contributed by atoms with Gasteiger partial charge in [-0.2, -0.15) is 0 Å². The number of rotatable bonds is 5. The molecule has 0 aliphatic carbocycles. The summed E-state index contributed by atoms with van der Waals surface area (Å²) in [6.45, 7) is 13.1. The summed E-state index contributed by atoms with van der Waals surface area (Å²) in [6.07, 6.45) is 6.29. The average molecular weight is 506 g/mol. The molecule has 0 saturated carbocycles. The van der Waals surface area contributed by atoms with Gasteiger partial charge >= 0.3 is 0 Å². The number of carbonyl (C=O) groups excluding carboxylic acids is 1. The minimum Gasteiger partial charge on any atom is -0.474 e. The molecule has 5 rings (SSSR count). The molecule has 2 aliphatic heterocycles. The Hall–Kier alpha value is -3.88. The van der Waals surface area contributed by atoms with Crippen LogP contribution in [0.15, 0.2) is 30.6 Å². The van der Waals surface area contributed by atoms with Crippen molar-refractivity contribution in [3.05, 3.63) is 53.0 Å². The molecule has 2 aliphatic rings. The highest BCUT2D eigenvalue weighted by Crippen LogP contribution is 2.36. The molecule has 37 heavy (non-hydrogen) atoms. The molecule has 0 radical (unpaired) electrons. The Morgan fingerprint density at radius 2 is 1.97 bits per heavy atom. The number of hydrogen-bond donors (Lipinski definition) is 3. The van der Waals surface area contributed by atoms with Gasteiger partial charge in [-0.1, -0.05) is 20.8 Å². The van der Waals surface area contributed by atoms with Crippen LogP contribution in [0.2, 0.25) is 0 Å². The zero-order valence-corrected chi connectivity index (χ0v) is 22.8. The summed E-state index contributed by atoms with van der Waals surface area (Å²) < 4.78 is 5.67. The number of benzene rings is 1. The van der Waals surface area contributed by atoms with E-state index in [2.05, 4.69) is 56.8 Å². The number of fused-ring (bicyclic) bond motifs is 2. The van der Waals surface area contributed by atoms with Gasteiger partial charge in [0.2, 0.25) is 11.8 Å². The molecule has 0 fully saturated rings. The third-order valence-electron chi connectivity index (χ3n) is 6.12. The highest BCUT2D eigenvalue weighted by atomic mass is 16.5. The van der Waals surface area contributed by atoms with Crippen LogP contribution >= 0.6 is 0 Å². The number of carbonyl (C=O) groups is 1. The van der Waals surface area contributed by atoms with Crippen LogP contribution in [0.3, 0.4) is 0 Å². The van der Waals surface area contributed by atoms with E-state index in [1.165, 1.54) is 16.7 Å². The van der Waals surface area contributed by atoms with Crippen molar-refractivity contribution in [3.8, 4) is 5.88 Å². The minimum absolute atomic E-state index is 0.618. The Balaban J connectivity index is 0.000000580. The fraction of sp³-hybridized carbons (Fsp3) is 0.429. The van der Waals surface area contributed by atoms with Gasteiger partial charge in [0, 0.05) is 49.7 Å². The van der Waals surface area contributed by atoms with Crippen LogP contribution in [0.4, 0.5) is 28.7 Å². The summed E-state index contributed by atoms with van der Waals surface area (Å²) >= 11 is 0. The number of aromatic nitrogens is 3. The van der Waals surface area contributed by atoms with Gasteiger partial charge in [-0.3, -0.25) is 0 Å². The first-order chi connectivity index (χ1) is 18.0. The summed E-state index contributed by atoms with van der Waals surface area (Å²) in [6, 6.07) is 6.19. The van der Waals surface area contributed by atoms with Crippen LogP contribution in [0.1, 0.15) is 49.6 Å². The number of anilines is 5. The van der Waals surface area contributed by atoms with Gasteiger partial charge in [0.1, 0.15) is 18.6 Å². The lowest BCUT2D eigenvalue weighted by molar-refractivity contribution is -0.107. The molecule has 0 saturated heterocycles. The Bertz CT molecular complexity index is 1200. The van der Waals surface area contributed by atoms with Crippen molar-refractivity contribution in [2.24, 2.45) is 0 Å². The van der Waals surface area contributed by atoms with E-state index in [0.717, 1.165) is 60.8 Å². The van der Waals surface area contributed by atoms with Gasteiger partial charge in [-0.25, -0.2) is 15.0 Å². The van der Waals surface area contributed by atoms with Crippen molar-refractivity contribution in [2.45, 2.75) is 54.0 Å². The van der Waals surface area contributed by atoms with Crippen LogP contribution in [0, 0.1) is 13.8 Å². The smallest absolute Gasteiger partial charge is 0.237 e. The fourth-order valence-corrected chi connectivity index (χ4v) is 4.25. The largest absolute Gasteiger partial charge is 0.474 e. The fourth-order valence-electron chi connectivity index (χ4n) is 4.25. The molecule has 0 unspecified atom stereocenters. The summed E-state index contributed by atoms with van der Waals surface area (Å²) in [7, 11) is 1.93. The standard InChI is InChI=1S/C23H27N7O.C3H6O.C2H6/c1-14-10-17(4-5-18(14)24-3)28-23-27-11-16-6-8-30(13-19(16)29-23)20-12-26-22-21(15(20)2)25-7-9-31-22;1-2-3-4;1-2/h4-5,10-12,24-25H,6-9,13H2,1-3H3,(H,27,28,29);3H,2H2,1H3;1-2H3. The molecule has 9 nitrogen and oxygen atoms in total. The lowest BCUT2D eigenvalue weighted by Crippen LogP contribution is -2.32. The first-order valence-electron chi connectivity index (χ1n) is 13.0. The van der Waals surface area contributed by atoms with Crippen molar-refractivity contribution in [1.29, 1.82) is 0 Å². The molecular weight excluding hydrogens is 466 g/mol. The van der Waals surface area contributed by atoms with Crippen molar-refractivity contribution < 1.29 is 9.53 Å². The van der Waals surface area contributed by atoms with Crippen LogP contribution in [0.25, 0.3) is 0 Å². The highest BCUT2D eigenvalue weighted by Gasteiger charge is 2.24. The number of ether oxygens (including phenoxy) is 1. The minimum atomic E-state index is 0.618. The maximum Gasteiger partial charge on any atom is 0.237 e. The molecule has 198 valence electrons. The molecular formula is C28H39N7O2. The maximum atomic E-state index is 9.17. The van der Waals surface area contributed by atoms with Gasteiger partial charge in [0.25, 0.3) is 0 Å².